The Kier molecular flexibility index (Phi) is 36.1. The van der Waals surface area contributed by atoms with E-state index in [4.69, 9.17) is 59.7 Å². The van der Waals surface area contributed by atoms with Crippen LogP contribution >= 0.6 is 45.1 Å². The number of phosphoric acid groups is 3. The van der Waals surface area contributed by atoms with E-state index in [9.17, 15) is 55.6 Å². The van der Waals surface area contributed by atoms with E-state index in [0.717, 1.165) is 60.2 Å². The van der Waals surface area contributed by atoms with Crippen LogP contribution in [-0.4, -0.2) is 178 Å². The van der Waals surface area contributed by atoms with Gasteiger partial charge in [-0.1, -0.05) is 106 Å². The van der Waals surface area contributed by atoms with Crippen molar-refractivity contribution in [3.05, 3.63) is 112 Å². The summed E-state index contributed by atoms with van der Waals surface area (Å²) in [6.45, 7) is 18.1. The second-order valence-electron chi connectivity index (χ2n) is 26.6. The fourth-order valence-electron chi connectivity index (χ4n) is 11.8. The first-order chi connectivity index (χ1) is 49.9. The Morgan fingerprint density at radius 1 is 0.868 bits per heavy atom. The molecule has 2 aromatic carbocycles. The van der Waals surface area contributed by atoms with Crippen LogP contribution in [0.3, 0.4) is 0 Å². The Balaban J connectivity index is 0.751. The average Bonchev–Trinajstić information content (AvgIpc) is 1.60. The first-order valence-corrected chi connectivity index (χ1v) is 45.6. The van der Waals surface area contributed by atoms with Gasteiger partial charge in [0.2, 0.25) is 11.6 Å². The molecule has 3 aliphatic rings. The molecule has 0 bridgehead atoms. The van der Waals surface area contributed by atoms with Crippen molar-refractivity contribution in [3.63, 3.8) is 0 Å². The highest BCUT2D eigenvalue weighted by atomic mass is 33.1. The number of nitrogen functional groups attached to an aromatic ring is 1. The molecular weight excluding hydrogens is 1540 g/mol. The molecule has 3 aromatic rings. The summed E-state index contributed by atoms with van der Waals surface area (Å²) in [4.78, 5) is 93.7. The van der Waals surface area contributed by atoms with Crippen LogP contribution in [0.2, 0.25) is 0 Å². The first kappa shape index (κ1) is 90.1. The van der Waals surface area contributed by atoms with E-state index < -0.39 is 85.3 Å². The van der Waals surface area contributed by atoms with Crippen molar-refractivity contribution in [1.82, 2.24) is 20.2 Å². The minimum absolute atomic E-state index is 0.0307. The zero-order chi connectivity index (χ0) is 77.9. The number of alkyl carbamates (subject to hydrolysis) is 1. The number of hydrogen-bond acceptors (Lipinski definition) is 24. The van der Waals surface area contributed by atoms with Gasteiger partial charge in [0.15, 0.2) is 5.71 Å². The van der Waals surface area contributed by atoms with E-state index in [1.54, 1.807) is 40.0 Å². The Morgan fingerprint density at radius 3 is 2.27 bits per heavy atom. The third-order valence-electron chi connectivity index (χ3n) is 17.1. The summed E-state index contributed by atoms with van der Waals surface area (Å²) in [6, 6.07) is 13.3. The number of fused-ring (bicyclic) bond motifs is 2. The predicted molar refractivity (Wildman–Crippen MR) is 411 cm³/mol. The molecule has 106 heavy (non-hydrogen) atoms. The molecule has 0 saturated carbocycles. The monoisotopic (exact) mass is 1640 g/mol. The van der Waals surface area contributed by atoms with Crippen LogP contribution in [0.4, 0.5) is 22.0 Å². The normalized spacial score (nSPS) is 18.9. The maximum Gasteiger partial charge on any atom is 0.490 e. The highest BCUT2D eigenvalue weighted by molar-refractivity contribution is 8.77. The minimum Gasteiger partial charge on any atom is -0.450 e. The Morgan fingerprint density at radius 2 is 1.57 bits per heavy atom. The molecule has 4 heterocycles. The van der Waals surface area contributed by atoms with Gasteiger partial charge in [0.05, 0.1) is 67.6 Å². The quantitative estimate of drug-likeness (QED) is 0.00381. The van der Waals surface area contributed by atoms with Crippen LogP contribution in [0.1, 0.15) is 155 Å². The number of likely N-dealkylation sites (N-methyl/N-ethyl adjacent to an activating group) is 1. The number of Topliss-reactive ketones (excluding diaryl/α,β-unsaturated/α-hetero) is 1. The van der Waals surface area contributed by atoms with E-state index in [0.29, 0.717) is 77.6 Å². The van der Waals surface area contributed by atoms with Gasteiger partial charge >= 0.3 is 35.3 Å². The zero-order valence-electron chi connectivity index (χ0n) is 61.0. The van der Waals surface area contributed by atoms with E-state index in [1.165, 1.54) is 29.2 Å². The van der Waals surface area contributed by atoms with Crippen LogP contribution < -0.4 is 27.0 Å². The largest absolute Gasteiger partial charge is 0.490 e. The number of nitrogens with zero attached hydrogens (tertiary/aromatic N) is 4. The molecule has 3 aliphatic heterocycles. The second kappa shape index (κ2) is 42.5. The number of benzene rings is 2. The molecule has 1 fully saturated rings. The molecule has 30 nitrogen and oxygen atoms in total. The van der Waals surface area contributed by atoms with E-state index >= 15 is 0 Å². The standard InChI is InChI=1S/C68H100N7O23P3S5/c1-9-73-55-28-21-20-27-53(55)67(4,5)59(73)29-15-12-16-30-60-68(6,7)54-44-52(106(87,88)89)32-33-56(54)74(60)37-22-13-17-31-61(77)70-35-40-90-42-43-91-41-36-71-65(79)93-39-34-66(2,3)104-103-48-92-38-23-11-10-14-25-51(76)26-19-18-24-50-46-75(64(78)72-63(50)69)62-45-57(94-49-105(8)102)58(96-62)47-95-100(83,84)98-101(85,86)97-99(80,81)82/h12,15-16,20-21,27-30,32-33,44,46,57-58,62H,9-11,13-14,17,19,22-23,25-26,31,34-43,45,47-49H2,1-8H3,(H8-,69,70,71,72,77,78,79,80,81,82,83,84,85,86,87,88,89)/p+1/t57?,58-,62-,105?/m1/s1. The van der Waals surface area contributed by atoms with Crippen molar-refractivity contribution >= 4 is 117 Å². The number of amides is 2. The summed E-state index contributed by atoms with van der Waals surface area (Å²) in [5.74, 6) is 6.01. The lowest BCUT2D eigenvalue weighted by Gasteiger charge is -2.25. The van der Waals surface area contributed by atoms with Gasteiger partial charge in [-0.15, -0.1) is 0 Å². The van der Waals surface area contributed by atoms with Crippen molar-refractivity contribution in [2.75, 3.05) is 101 Å². The molecule has 38 heteroatoms. The fourth-order valence-corrected chi connectivity index (χ4v) is 18.1. The van der Waals surface area contributed by atoms with Crippen LogP contribution in [0.25, 0.3) is 0 Å². The number of carbonyl (C=O) groups is 3. The van der Waals surface area contributed by atoms with Crippen molar-refractivity contribution < 1.29 is 107 Å². The van der Waals surface area contributed by atoms with E-state index in [-0.39, 0.29) is 83.1 Å². The van der Waals surface area contributed by atoms with Crippen LogP contribution in [0.5, 0.6) is 0 Å². The molecule has 6 rings (SSSR count). The number of para-hydroxylation sites is 1. The number of aromatic nitrogens is 2. The number of anilines is 2. The number of nitrogens with one attached hydrogen (secondary N) is 2. The third kappa shape index (κ3) is 29.8. The molecule has 0 spiro atoms. The lowest BCUT2D eigenvalue weighted by molar-refractivity contribution is -0.438. The number of allylic oxidation sites excluding steroid dienone is 6. The van der Waals surface area contributed by atoms with Gasteiger partial charge in [-0.25, -0.2) is 23.3 Å². The molecule has 1 aromatic heterocycles. The zero-order valence-corrected chi connectivity index (χ0v) is 67.7. The number of carbonyl (C=O) groups excluding carboxylic acids is 3. The molecule has 590 valence electrons. The average molecular weight is 1640 g/mol. The summed E-state index contributed by atoms with van der Waals surface area (Å²) in [6.07, 6.45) is 16.8. The molecule has 1 saturated heterocycles. The number of rotatable bonds is 47. The summed E-state index contributed by atoms with van der Waals surface area (Å²) < 4.78 is 119. The Labute approximate surface area is 635 Å². The number of ether oxygens (including phenoxy) is 6. The van der Waals surface area contributed by atoms with Gasteiger partial charge in [-0.05, 0) is 114 Å². The Hall–Kier alpha value is -4.83. The van der Waals surface area contributed by atoms with E-state index in [1.807, 2.05) is 12.2 Å². The summed E-state index contributed by atoms with van der Waals surface area (Å²) >= 11 is 5.19. The number of unbranched alkanes of at least 4 members (excludes halogenated alkanes) is 5. The number of hydrogen-bond donors (Lipinski definition) is 8. The van der Waals surface area contributed by atoms with Gasteiger partial charge in [-0.3, -0.25) is 23.2 Å². The van der Waals surface area contributed by atoms with Crippen LogP contribution in [0.15, 0.2) is 94.4 Å². The van der Waals surface area contributed by atoms with Crippen molar-refractivity contribution in [2.24, 2.45) is 0 Å². The second-order valence-corrected chi connectivity index (χ2v) is 38.4. The predicted octanol–water partition coefficient (Wildman–Crippen LogP) is 10.3. The fraction of sp³-hybridized carbons (Fsp3) is 0.588. The van der Waals surface area contributed by atoms with Crippen molar-refractivity contribution in [1.29, 1.82) is 0 Å². The van der Waals surface area contributed by atoms with E-state index in [2.05, 4.69) is 137 Å². The van der Waals surface area contributed by atoms with Crippen LogP contribution in [0, 0.1) is 11.8 Å². The summed E-state index contributed by atoms with van der Waals surface area (Å²) in [5, 5.41) is 5.59. The summed E-state index contributed by atoms with van der Waals surface area (Å²) in [5.41, 5.74) is 11.0. The number of ketones is 1. The topological polar surface area (TPSA) is 412 Å². The molecule has 0 aliphatic carbocycles. The van der Waals surface area contributed by atoms with Gasteiger partial charge in [0.25, 0.3) is 10.1 Å². The Bertz CT molecular complexity index is 4050. The lowest BCUT2D eigenvalue weighted by atomic mass is 9.81. The van der Waals surface area contributed by atoms with Crippen LogP contribution in [-0.2, 0) is 106 Å². The summed E-state index contributed by atoms with van der Waals surface area (Å²) in [7, 11) is -18.8. The van der Waals surface area contributed by atoms with Crippen molar-refractivity contribution in [3.8, 4) is 11.8 Å². The van der Waals surface area contributed by atoms with Gasteiger partial charge in [0, 0.05) is 110 Å². The highest BCUT2D eigenvalue weighted by Gasteiger charge is 2.46. The van der Waals surface area contributed by atoms with Crippen molar-refractivity contribution in [2.45, 2.75) is 171 Å². The molecule has 9 N–H and O–H groups in total. The molecule has 0 radical (unpaired) electrons. The molecule has 4 unspecified atom stereocenters. The first-order valence-electron chi connectivity index (χ1n) is 34.6. The minimum atomic E-state index is -5.78. The van der Waals surface area contributed by atoms with Gasteiger partial charge in [0.1, 0.15) is 36.4 Å². The third-order valence-corrected chi connectivity index (χ3v) is 25.5. The van der Waals surface area contributed by atoms with Gasteiger partial charge in [-0.2, -0.15) is 26.6 Å². The SMILES string of the molecule is CCN1\C(=C/C=C/C=C/C2=[N+](CCCCCC(=O)NCCOCCOCCNC(=O)OCCC(C)(C)SSCOCCCCCCC(=O)CCC#Cc3cn([C@H]4CC(OCS(C)=S)[C@@H](COP(=O)(O)OP(=O)(O)OP(=O)(O)O)O4)c(=O)nc3N)c3ccc(S(=O)(=O)O)cc3C2(C)C)C(C)(C)c2ccccc21. The number of nitrogens with two attached hydrogens (primary N) is 1. The molecule has 6 atom stereocenters. The smallest absolute Gasteiger partial charge is 0.450 e. The lowest BCUT2D eigenvalue weighted by Crippen LogP contribution is -2.30. The van der Waals surface area contributed by atoms with Gasteiger partial charge < -0.3 is 69.3 Å². The maximum absolute atomic E-state index is 13.0. The molecular formula is C68H101N7O23P3S5+. The molecule has 2 amide bonds. The maximum atomic E-state index is 13.0. The number of phosphoric ester groups is 1. The highest BCUT2D eigenvalue weighted by Crippen LogP contribution is 2.66.